The first kappa shape index (κ1) is 10.8. The average Bonchev–Trinajstić information content (AvgIpc) is 2.74. The van der Waals surface area contributed by atoms with Crippen molar-refractivity contribution < 1.29 is 4.52 Å². The largest absolute Gasteiger partial charge is 0.338 e. The molecule has 0 saturated heterocycles. The molecule has 84 valence electrons. The minimum absolute atomic E-state index is 0.179. The number of aryl methyl sites for hydroxylation is 2. The van der Waals surface area contributed by atoms with E-state index in [4.69, 9.17) is 10.3 Å². The van der Waals surface area contributed by atoms with Crippen LogP contribution in [0, 0.1) is 6.92 Å². The van der Waals surface area contributed by atoms with Crippen LogP contribution in [0.15, 0.2) is 34.9 Å². The van der Waals surface area contributed by atoms with Crippen molar-refractivity contribution in [2.45, 2.75) is 25.8 Å². The Morgan fingerprint density at radius 2 is 2.06 bits per heavy atom. The van der Waals surface area contributed by atoms with E-state index < -0.39 is 0 Å². The van der Waals surface area contributed by atoms with Gasteiger partial charge in [0.05, 0.1) is 6.04 Å². The zero-order valence-corrected chi connectivity index (χ0v) is 9.26. The van der Waals surface area contributed by atoms with Crippen LogP contribution in [0.1, 0.15) is 29.7 Å². The van der Waals surface area contributed by atoms with Gasteiger partial charge < -0.3 is 10.3 Å². The fraction of sp³-hybridized carbons (Fsp3) is 0.333. The SMILES string of the molecule is Cc1noc(C(N)CCc2ccccc2)n1. The maximum absolute atomic E-state index is 5.96. The summed E-state index contributed by atoms with van der Waals surface area (Å²) in [5.41, 5.74) is 7.23. The number of benzene rings is 1. The lowest BCUT2D eigenvalue weighted by atomic mass is 10.1. The number of hydrogen-bond donors (Lipinski definition) is 1. The normalized spacial score (nSPS) is 12.6. The third-order valence-corrected chi connectivity index (χ3v) is 2.45. The van der Waals surface area contributed by atoms with E-state index in [1.165, 1.54) is 5.56 Å². The summed E-state index contributed by atoms with van der Waals surface area (Å²) in [6.07, 6.45) is 1.73. The number of rotatable bonds is 4. The zero-order chi connectivity index (χ0) is 11.4. The van der Waals surface area contributed by atoms with Gasteiger partial charge in [-0.3, -0.25) is 0 Å². The van der Waals surface area contributed by atoms with E-state index in [1.807, 2.05) is 18.2 Å². The molecule has 1 aromatic heterocycles. The second-order valence-electron chi connectivity index (χ2n) is 3.81. The second kappa shape index (κ2) is 4.90. The predicted octanol–water partition coefficient (Wildman–Crippen LogP) is 2.01. The average molecular weight is 217 g/mol. The molecule has 4 heteroatoms. The van der Waals surface area contributed by atoms with Crippen molar-refractivity contribution >= 4 is 0 Å². The topological polar surface area (TPSA) is 64.9 Å². The van der Waals surface area contributed by atoms with Gasteiger partial charge in [0.2, 0.25) is 5.89 Å². The highest BCUT2D eigenvalue weighted by molar-refractivity contribution is 5.15. The van der Waals surface area contributed by atoms with Crippen LogP contribution in [0.3, 0.4) is 0 Å². The minimum Gasteiger partial charge on any atom is -0.338 e. The molecule has 0 radical (unpaired) electrons. The molecular weight excluding hydrogens is 202 g/mol. The van der Waals surface area contributed by atoms with Crippen molar-refractivity contribution in [2.24, 2.45) is 5.73 Å². The Morgan fingerprint density at radius 1 is 1.31 bits per heavy atom. The van der Waals surface area contributed by atoms with Crippen LogP contribution >= 0.6 is 0 Å². The Kier molecular flexibility index (Phi) is 3.31. The Hall–Kier alpha value is -1.68. The molecular formula is C12H15N3O. The van der Waals surface area contributed by atoms with Crippen molar-refractivity contribution in [2.75, 3.05) is 0 Å². The molecule has 0 aliphatic carbocycles. The van der Waals surface area contributed by atoms with Crippen LogP contribution in [-0.2, 0) is 6.42 Å². The molecule has 16 heavy (non-hydrogen) atoms. The number of nitrogens with zero attached hydrogens (tertiary/aromatic N) is 2. The number of nitrogens with two attached hydrogens (primary N) is 1. The highest BCUT2D eigenvalue weighted by atomic mass is 16.5. The molecule has 1 aromatic carbocycles. The van der Waals surface area contributed by atoms with E-state index >= 15 is 0 Å². The summed E-state index contributed by atoms with van der Waals surface area (Å²) in [6, 6.07) is 10.1. The molecule has 1 heterocycles. The van der Waals surface area contributed by atoms with E-state index in [0.29, 0.717) is 11.7 Å². The van der Waals surface area contributed by atoms with Crippen molar-refractivity contribution in [1.29, 1.82) is 0 Å². The standard InChI is InChI=1S/C12H15N3O/c1-9-14-12(16-15-9)11(13)8-7-10-5-3-2-4-6-10/h2-6,11H,7-8,13H2,1H3. The summed E-state index contributed by atoms with van der Waals surface area (Å²) >= 11 is 0. The monoisotopic (exact) mass is 217 g/mol. The molecule has 0 saturated carbocycles. The first-order valence-corrected chi connectivity index (χ1v) is 5.35. The highest BCUT2D eigenvalue weighted by Gasteiger charge is 2.12. The minimum atomic E-state index is -0.179. The lowest BCUT2D eigenvalue weighted by Gasteiger charge is -2.06. The van der Waals surface area contributed by atoms with Gasteiger partial charge in [-0.25, -0.2) is 0 Å². The van der Waals surface area contributed by atoms with Gasteiger partial charge in [0, 0.05) is 0 Å². The molecule has 4 nitrogen and oxygen atoms in total. The molecule has 0 spiro atoms. The van der Waals surface area contributed by atoms with Crippen LogP contribution < -0.4 is 5.73 Å². The fourth-order valence-electron chi connectivity index (χ4n) is 1.55. The van der Waals surface area contributed by atoms with Crippen LogP contribution in [-0.4, -0.2) is 10.1 Å². The van der Waals surface area contributed by atoms with Crippen LogP contribution in [0.5, 0.6) is 0 Å². The molecule has 0 bridgehead atoms. The summed E-state index contributed by atoms with van der Waals surface area (Å²) in [6.45, 7) is 1.79. The first-order chi connectivity index (χ1) is 7.75. The van der Waals surface area contributed by atoms with Gasteiger partial charge >= 0.3 is 0 Å². The lowest BCUT2D eigenvalue weighted by Crippen LogP contribution is -2.11. The zero-order valence-electron chi connectivity index (χ0n) is 9.26. The van der Waals surface area contributed by atoms with Gasteiger partial charge in [0.25, 0.3) is 0 Å². The van der Waals surface area contributed by atoms with Crippen LogP contribution in [0.4, 0.5) is 0 Å². The van der Waals surface area contributed by atoms with E-state index in [2.05, 4.69) is 22.3 Å². The molecule has 0 aliphatic heterocycles. The first-order valence-electron chi connectivity index (χ1n) is 5.35. The molecule has 2 N–H and O–H groups in total. The Labute approximate surface area is 94.5 Å². The Bertz CT molecular complexity index is 439. The van der Waals surface area contributed by atoms with E-state index in [-0.39, 0.29) is 6.04 Å². The smallest absolute Gasteiger partial charge is 0.243 e. The molecule has 2 rings (SSSR count). The third kappa shape index (κ3) is 2.67. The van der Waals surface area contributed by atoms with E-state index in [1.54, 1.807) is 6.92 Å². The molecule has 0 aliphatic rings. The summed E-state index contributed by atoms with van der Waals surface area (Å²) < 4.78 is 5.03. The summed E-state index contributed by atoms with van der Waals surface area (Å²) in [4.78, 5) is 4.12. The lowest BCUT2D eigenvalue weighted by molar-refractivity contribution is 0.346. The van der Waals surface area contributed by atoms with Crippen molar-refractivity contribution in [3.63, 3.8) is 0 Å². The Morgan fingerprint density at radius 3 is 2.69 bits per heavy atom. The van der Waals surface area contributed by atoms with Gasteiger partial charge in [0.15, 0.2) is 5.82 Å². The quantitative estimate of drug-likeness (QED) is 0.850. The molecule has 1 atom stereocenters. The summed E-state index contributed by atoms with van der Waals surface area (Å²) in [7, 11) is 0. The molecule has 0 amide bonds. The molecule has 1 unspecified atom stereocenters. The number of aromatic nitrogens is 2. The van der Waals surface area contributed by atoms with Gasteiger partial charge in [-0.1, -0.05) is 35.5 Å². The van der Waals surface area contributed by atoms with Gasteiger partial charge in [-0.2, -0.15) is 4.98 Å². The van der Waals surface area contributed by atoms with Gasteiger partial charge in [-0.15, -0.1) is 0 Å². The summed E-state index contributed by atoms with van der Waals surface area (Å²) in [5.74, 6) is 1.15. The van der Waals surface area contributed by atoms with Gasteiger partial charge in [-0.05, 0) is 25.3 Å². The second-order valence-corrected chi connectivity index (χ2v) is 3.81. The van der Waals surface area contributed by atoms with Crippen molar-refractivity contribution in [3.8, 4) is 0 Å². The third-order valence-electron chi connectivity index (χ3n) is 2.45. The fourth-order valence-corrected chi connectivity index (χ4v) is 1.55. The van der Waals surface area contributed by atoms with Crippen LogP contribution in [0.2, 0.25) is 0 Å². The van der Waals surface area contributed by atoms with Crippen molar-refractivity contribution in [1.82, 2.24) is 10.1 Å². The van der Waals surface area contributed by atoms with E-state index in [9.17, 15) is 0 Å². The highest BCUT2D eigenvalue weighted by Crippen LogP contribution is 2.14. The summed E-state index contributed by atoms with van der Waals surface area (Å²) in [5, 5.41) is 3.73. The van der Waals surface area contributed by atoms with E-state index in [0.717, 1.165) is 12.8 Å². The van der Waals surface area contributed by atoms with Crippen molar-refractivity contribution in [3.05, 3.63) is 47.6 Å². The molecule has 2 aromatic rings. The predicted molar refractivity (Wildman–Crippen MR) is 60.7 cm³/mol. The maximum atomic E-state index is 5.96. The molecule has 0 fully saturated rings. The number of hydrogen-bond acceptors (Lipinski definition) is 4. The maximum Gasteiger partial charge on any atom is 0.243 e. The van der Waals surface area contributed by atoms with Crippen LogP contribution in [0.25, 0.3) is 0 Å². The van der Waals surface area contributed by atoms with Gasteiger partial charge in [0.1, 0.15) is 0 Å². The Balaban J connectivity index is 1.91.